The topological polar surface area (TPSA) is 97.0 Å². The van der Waals surface area contributed by atoms with Crippen LogP contribution in [0.4, 0.5) is 10.5 Å². The molecule has 2 aromatic rings. The number of nitrogens with one attached hydrogen (secondary N) is 2. The average molecular weight is 454 g/mol. The Hall–Kier alpha value is -2.49. The first kappa shape index (κ1) is 22.2. The van der Waals surface area contributed by atoms with E-state index in [0.717, 1.165) is 0 Å². The number of anilines is 1. The van der Waals surface area contributed by atoms with Crippen LogP contribution in [0.15, 0.2) is 47.4 Å². The number of carbonyl (C=O) groups excluding carboxylic acids is 1. The highest BCUT2D eigenvalue weighted by molar-refractivity contribution is 7.89. The van der Waals surface area contributed by atoms with E-state index in [4.69, 9.17) is 21.1 Å². The number of halogens is 1. The number of ether oxygens (including phenoxy) is 2. The normalized spacial score (nSPS) is 15.0. The summed E-state index contributed by atoms with van der Waals surface area (Å²) in [7, 11) is -0.678. The smallest absolute Gasteiger partial charge is 0.321 e. The number of rotatable bonds is 6. The van der Waals surface area contributed by atoms with E-state index >= 15 is 0 Å². The number of hydrogen-bond donors (Lipinski definition) is 2. The van der Waals surface area contributed by atoms with Crippen LogP contribution in [0, 0.1) is 0 Å². The summed E-state index contributed by atoms with van der Waals surface area (Å²) in [6.45, 7) is 0.886. The van der Waals surface area contributed by atoms with Gasteiger partial charge in [-0.1, -0.05) is 11.6 Å². The van der Waals surface area contributed by atoms with Crippen molar-refractivity contribution < 1.29 is 22.7 Å². The van der Waals surface area contributed by atoms with Crippen molar-refractivity contribution >= 4 is 33.3 Å². The second-order valence-corrected chi connectivity index (χ2v) is 8.96. The minimum atomic E-state index is -3.72. The van der Waals surface area contributed by atoms with Gasteiger partial charge >= 0.3 is 6.03 Å². The van der Waals surface area contributed by atoms with Crippen molar-refractivity contribution in [3.63, 3.8) is 0 Å². The van der Waals surface area contributed by atoms with Crippen LogP contribution in [0.5, 0.6) is 11.5 Å². The Balaban J connectivity index is 1.54. The van der Waals surface area contributed by atoms with Crippen LogP contribution in [-0.4, -0.2) is 52.7 Å². The maximum absolute atomic E-state index is 12.6. The van der Waals surface area contributed by atoms with E-state index in [1.807, 2.05) is 0 Å². The lowest BCUT2D eigenvalue weighted by Gasteiger charge is -2.32. The molecule has 0 saturated carbocycles. The number of nitrogens with zero attached hydrogens (tertiary/aromatic N) is 1. The highest BCUT2D eigenvalue weighted by atomic mass is 35.5. The molecule has 1 aliphatic rings. The molecule has 0 atom stereocenters. The fraction of sp³-hybridized carbons (Fsp3) is 0.350. The van der Waals surface area contributed by atoms with Crippen molar-refractivity contribution in [2.75, 3.05) is 32.6 Å². The Kier molecular flexibility index (Phi) is 7.06. The summed E-state index contributed by atoms with van der Waals surface area (Å²) < 4.78 is 38.1. The molecule has 2 aromatic carbocycles. The van der Waals surface area contributed by atoms with Crippen LogP contribution in [0.1, 0.15) is 12.8 Å². The molecular formula is C20H24ClN3O5S. The lowest BCUT2D eigenvalue weighted by Crippen LogP contribution is -2.47. The van der Waals surface area contributed by atoms with E-state index in [1.165, 1.54) is 25.3 Å². The molecule has 10 heteroatoms. The van der Waals surface area contributed by atoms with Gasteiger partial charge in [0.2, 0.25) is 10.0 Å². The molecule has 0 aliphatic carbocycles. The SMILES string of the molecule is COc1ccc(NC(=O)N2CCC(NS(=O)(=O)c3ccc(OC)c(Cl)c3)CC2)cc1. The summed E-state index contributed by atoms with van der Waals surface area (Å²) in [6, 6.07) is 10.9. The van der Waals surface area contributed by atoms with Crippen LogP contribution in [0.2, 0.25) is 5.02 Å². The Morgan fingerprint density at radius 2 is 1.73 bits per heavy atom. The van der Waals surface area contributed by atoms with Gasteiger partial charge in [-0.3, -0.25) is 0 Å². The van der Waals surface area contributed by atoms with Gasteiger partial charge < -0.3 is 19.7 Å². The second kappa shape index (κ2) is 9.55. The van der Waals surface area contributed by atoms with Gasteiger partial charge in [-0.05, 0) is 55.3 Å². The van der Waals surface area contributed by atoms with Crippen LogP contribution in [0.25, 0.3) is 0 Å². The van der Waals surface area contributed by atoms with Gasteiger partial charge in [0.15, 0.2) is 0 Å². The molecule has 0 aromatic heterocycles. The standard InChI is InChI=1S/C20H24ClN3O5S/c1-28-16-5-3-14(4-6-16)22-20(25)24-11-9-15(10-12-24)23-30(26,27)17-7-8-19(29-2)18(21)13-17/h3-8,13,15,23H,9-12H2,1-2H3,(H,22,25). The van der Waals surface area contributed by atoms with Gasteiger partial charge in [-0.15, -0.1) is 0 Å². The molecule has 1 aliphatic heterocycles. The Morgan fingerprint density at radius 1 is 1.07 bits per heavy atom. The molecule has 30 heavy (non-hydrogen) atoms. The number of carbonyl (C=O) groups is 1. The Labute approximate surface area is 181 Å². The third-order valence-electron chi connectivity index (χ3n) is 4.88. The molecule has 0 unspecified atom stereocenters. The van der Waals surface area contributed by atoms with Crippen LogP contribution in [0.3, 0.4) is 0 Å². The summed E-state index contributed by atoms with van der Waals surface area (Å²) in [6.07, 6.45) is 1.03. The molecule has 2 amide bonds. The molecule has 1 heterocycles. The first-order valence-corrected chi connectivity index (χ1v) is 11.2. The second-order valence-electron chi connectivity index (χ2n) is 6.84. The third kappa shape index (κ3) is 5.35. The number of amides is 2. The predicted octanol–water partition coefficient (Wildman–Crippen LogP) is 3.33. The van der Waals surface area contributed by atoms with E-state index in [0.29, 0.717) is 43.1 Å². The van der Waals surface area contributed by atoms with Gasteiger partial charge in [0.05, 0.1) is 24.1 Å². The van der Waals surface area contributed by atoms with Gasteiger partial charge in [0.25, 0.3) is 0 Å². The number of sulfonamides is 1. The maximum Gasteiger partial charge on any atom is 0.321 e. The minimum absolute atomic E-state index is 0.0768. The molecule has 0 spiro atoms. The number of likely N-dealkylation sites (tertiary alicyclic amines) is 1. The molecule has 0 bridgehead atoms. The summed E-state index contributed by atoms with van der Waals surface area (Å²) in [5.74, 6) is 1.12. The zero-order valence-electron chi connectivity index (χ0n) is 16.7. The van der Waals surface area contributed by atoms with Gasteiger partial charge in [0, 0.05) is 24.8 Å². The first-order valence-electron chi connectivity index (χ1n) is 9.38. The number of methoxy groups -OCH3 is 2. The number of urea groups is 1. The van der Waals surface area contributed by atoms with Crippen molar-refractivity contribution in [2.45, 2.75) is 23.8 Å². The average Bonchev–Trinajstić information content (AvgIpc) is 2.74. The first-order chi connectivity index (χ1) is 14.3. The predicted molar refractivity (Wildman–Crippen MR) is 115 cm³/mol. The van der Waals surface area contributed by atoms with Gasteiger partial charge in [0.1, 0.15) is 11.5 Å². The number of benzene rings is 2. The molecule has 0 radical (unpaired) electrons. The summed E-state index contributed by atoms with van der Waals surface area (Å²) >= 11 is 6.04. The van der Waals surface area contributed by atoms with Crippen molar-refractivity contribution in [1.82, 2.24) is 9.62 Å². The van der Waals surface area contributed by atoms with Gasteiger partial charge in [-0.2, -0.15) is 0 Å². The Morgan fingerprint density at radius 3 is 2.30 bits per heavy atom. The van der Waals surface area contributed by atoms with E-state index in [-0.39, 0.29) is 22.0 Å². The van der Waals surface area contributed by atoms with Crippen molar-refractivity contribution in [3.05, 3.63) is 47.5 Å². The van der Waals surface area contributed by atoms with Crippen LogP contribution in [-0.2, 0) is 10.0 Å². The van der Waals surface area contributed by atoms with Gasteiger partial charge in [-0.25, -0.2) is 17.9 Å². The summed E-state index contributed by atoms with van der Waals surface area (Å²) in [5, 5.41) is 3.06. The van der Waals surface area contributed by atoms with Crippen molar-refractivity contribution in [2.24, 2.45) is 0 Å². The maximum atomic E-state index is 12.6. The highest BCUT2D eigenvalue weighted by Crippen LogP contribution is 2.27. The minimum Gasteiger partial charge on any atom is -0.497 e. The number of hydrogen-bond acceptors (Lipinski definition) is 5. The fourth-order valence-electron chi connectivity index (χ4n) is 3.18. The zero-order valence-corrected chi connectivity index (χ0v) is 18.3. The Bertz CT molecular complexity index is 990. The van der Waals surface area contributed by atoms with E-state index in [9.17, 15) is 13.2 Å². The van der Waals surface area contributed by atoms with Crippen LogP contribution >= 0.6 is 11.6 Å². The lowest BCUT2D eigenvalue weighted by atomic mass is 10.1. The number of piperidine rings is 1. The highest BCUT2D eigenvalue weighted by Gasteiger charge is 2.27. The molecule has 3 rings (SSSR count). The molecule has 162 valence electrons. The zero-order chi connectivity index (χ0) is 21.7. The third-order valence-corrected chi connectivity index (χ3v) is 6.69. The molecule has 1 saturated heterocycles. The van der Waals surface area contributed by atoms with E-state index < -0.39 is 10.0 Å². The quantitative estimate of drug-likeness (QED) is 0.699. The van der Waals surface area contributed by atoms with Crippen LogP contribution < -0.4 is 19.5 Å². The summed E-state index contributed by atoms with van der Waals surface area (Å²) in [4.78, 5) is 14.2. The molecular weight excluding hydrogens is 430 g/mol. The fourth-order valence-corrected chi connectivity index (χ4v) is 4.83. The van der Waals surface area contributed by atoms with Crippen molar-refractivity contribution in [3.8, 4) is 11.5 Å². The molecule has 8 nitrogen and oxygen atoms in total. The lowest BCUT2D eigenvalue weighted by molar-refractivity contribution is 0.193. The molecule has 1 fully saturated rings. The van der Waals surface area contributed by atoms with E-state index in [2.05, 4.69) is 10.0 Å². The monoisotopic (exact) mass is 453 g/mol. The van der Waals surface area contributed by atoms with Crippen molar-refractivity contribution in [1.29, 1.82) is 0 Å². The molecule has 2 N–H and O–H groups in total. The van der Waals surface area contributed by atoms with E-state index in [1.54, 1.807) is 36.3 Å². The largest absolute Gasteiger partial charge is 0.497 e. The summed E-state index contributed by atoms with van der Waals surface area (Å²) in [5.41, 5.74) is 0.667.